The van der Waals surface area contributed by atoms with Gasteiger partial charge >= 0.3 is 0 Å². The molecule has 0 saturated heterocycles. The first-order valence-electron chi connectivity index (χ1n) is 4.69. The van der Waals surface area contributed by atoms with Gasteiger partial charge in [-0.3, -0.25) is 0 Å². The number of amidine groups is 1. The molecule has 0 bridgehead atoms. The van der Waals surface area contributed by atoms with Crippen LogP contribution in [0.4, 0.5) is 0 Å². The second kappa shape index (κ2) is 4.77. The van der Waals surface area contributed by atoms with Crippen molar-refractivity contribution in [1.29, 1.82) is 0 Å². The van der Waals surface area contributed by atoms with E-state index in [1.54, 1.807) is 6.92 Å². The molecule has 0 aliphatic heterocycles. The summed E-state index contributed by atoms with van der Waals surface area (Å²) in [6.07, 6.45) is 1.77. The van der Waals surface area contributed by atoms with Gasteiger partial charge in [0.1, 0.15) is 5.84 Å². The summed E-state index contributed by atoms with van der Waals surface area (Å²) in [5, 5.41) is 11.2. The van der Waals surface area contributed by atoms with Crippen molar-refractivity contribution in [3.05, 3.63) is 0 Å². The third kappa shape index (κ3) is 4.45. The largest absolute Gasteiger partial charge is 0.409 e. The molecule has 7 nitrogen and oxygen atoms in total. The van der Waals surface area contributed by atoms with Gasteiger partial charge in [0.25, 0.3) is 10.2 Å². The number of hydrogen-bond donors (Lipinski definition) is 4. The first-order valence-corrected chi connectivity index (χ1v) is 6.17. The Morgan fingerprint density at radius 3 is 2.73 bits per heavy atom. The zero-order valence-electron chi connectivity index (χ0n) is 8.47. The molecule has 0 aromatic carbocycles. The van der Waals surface area contributed by atoms with Crippen LogP contribution < -0.4 is 15.2 Å². The summed E-state index contributed by atoms with van der Waals surface area (Å²) >= 11 is 0. The van der Waals surface area contributed by atoms with Crippen molar-refractivity contribution in [3.63, 3.8) is 0 Å². The van der Waals surface area contributed by atoms with Crippen LogP contribution in [0.15, 0.2) is 5.16 Å². The fourth-order valence-corrected chi connectivity index (χ4v) is 2.13. The van der Waals surface area contributed by atoms with Gasteiger partial charge in [-0.25, -0.2) is 4.72 Å². The van der Waals surface area contributed by atoms with E-state index in [0.717, 1.165) is 12.8 Å². The van der Waals surface area contributed by atoms with Gasteiger partial charge < -0.3 is 10.9 Å². The van der Waals surface area contributed by atoms with Crippen molar-refractivity contribution in [2.45, 2.75) is 25.8 Å². The van der Waals surface area contributed by atoms with E-state index in [9.17, 15) is 8.42 Å². The van der Waals surface area contributed by atoms with E-state index in [0.29, 0.717) is 0 Å². The maximum absolute atomic E-state index is 11.3. The predicted octanol–water partition coefficient (Wildman–Crippen LogP) is -1.04. The number of hydrogen-bond acceptors (Lipinski definition) is 4. The third-order valence-electron chi connectivity index (χ3n) is 2.10. The minimum atomic E-state index is -3.45. The second-order valence-corrected chi connectivity index (χ2v) is 5.20. The molecule has 0 aromatic rings. The number of oxime groups is 1. The topological polar surface area (TPSA) is 117 Å². The summed E-state index contributed by atoms with van der Waals surface area (Å²) in [6, 6.07) is 0.0710. The van der Waals surface area contributed by atoms with Crippen molar-refractivity contribution in [3.8, 4) is 0 Å². The molecule has 1 aliphatic rings. The summed E-state index contributed by atoms with van der Waals surface area (Å²) in [7, 11) is -3.45. The molecule has 88 valence electrons. The number of nitrogens with two attached hydrogens (primary N) is 1. The van der Waals surface area contributed by atoms with Gasteiger partial charge in [-0.05, 0) is 12.8 Å². The van der Waals surface area contributed by atoms with E-state index >= 15 is 0 Å². The Kier molecular flexibility index (Phi) is 3.89. The van der Waals surface area contributed by atoms with Crippen LogP contribution in [0.3, 0.4) is 0 Å². The summed E-state index contributed by atoms with van der Waals surface area (Å²) in [5.41, 5.74) is 5.30. The smallest absolute Gasteiger partial charge is 0.277 e. The van der Waals surface area contributed by atoms with E-state index in [-0.39, 0.29) is 24.3 Å². The Morgan fingerprint density at radius 2 is 2.27 bits per heavy atom. The fourth-order valence-electron chi connectivity index (χ4n) is 0.900. The average molecular weight is 236 g/mol. The van der Waals surface area contributed by atoms with Crippen LogP contribution in [0.5, 0.6) is 0 Å². The van der Waals surface area contributed by atoms with E-state index in [2.05, 4.69) is 14.6 Å². The maximum Gasteiger partial charge on any atom is 0.277 e. The van der Waals surface area contributed by atoms with Gasteiger partial charge in [0, 0.05) is 18.5 Å². The van der Waals surface area contributed by atoms with E-state index in [1.807, 2.05) is 0 Å². The zero-order valence-corrected chi connectivity index (χ0v) is 9.29. The lowest BCUT2D eigenvalue weighted by Crippen LogP contribution is -2.41. The van der Waals surface area contributed by atoms with Crippen LogP contribution in [0.1, 0.15) is 19.8 Å². The van der Waals surface area contributed by atoms with Crippen molar-refractivity contribution in [1.82, 2.24) is 9.44 Å². The van der Waals surface area contributed by atoms with Crippen LogP contribution >= 0.6 is 0 Å². The zero-order chi connectivity index (χ0) is 11.5. The van der Waals surface area contributed by atoms with Gasteiger partial charge in [0.05, 0.1) is 0 Å². The summed E-state index contributed by atoms with van der Waals surface area (Å²) in [5.74, 6) is -0.338. The molecule has 1 saturated carbocycles. The Hall–Kier alpha value is -0.860. The highest BCUT2D eigenvalue weighted by atomic mass is 32.2. The lowest BCUT2D eigenvalue weighted by atomic mass is 10.2. The first-order chi connectivity index (χ1) is 6.94. The average Bonchev–Trinajstić information content (AvgIpc) is 2.96. The molecule has 1 unspecified atom stereocenters. The third-order valence-corrected chi connectivity index (χ3v) is 3.29. The number of nitrogens with one attached hydrogen (secondary N) is 2. The standard InChI is InChI=1S/C7H16N4O3S/c1-5(7(8)10-12)4-9-15(13,14)11-6-2-3-6/h5-6,9,11-12H,2-4H2,1H3,(H2,8,10). The molecule has 0 spiro atoms. The molecule has 0 aromatic heterocycles. The molecule has 0 heterocycles. The van der Waals surface area contributed by atoms with Gasteiger partial charge in [0.15, 0.2) is 0 Å². The number of nitrogens with zero attached hydrogens (tertiary/aromatic N) is 1. The van der Waals surface area contributed by atoms with Crippen LogP contribution in [-0.2, 0) is 10.2 Å². The van der Waals surface area contributed by atoms with Crippen LogP contribution in [0.25, 0.3) is 0 Å². The quantitative estimate of drug-likeness (QED) is 0.204. The second-order valence-electron chi connectivity index (χ2n) is 3.67. The molecule has 0 amide bonds. The SMILES string of the molecule is CC(CNS(=O)(=O)NC1CC1)C(N)=NO. The van der Waals surface area contributed by atoms with Crippen molar-refractivity contribution in [2.24, 2.45) is 16.8 Å². The van der Waals surface area contributed by atoms with E-state index in [1.165, 1.54) is 0 Å². The van der Waals surface area contributed by atoms with E-state index in [4.69, 9.17) is 10.9 Å². The highest BCUT2D eigenvalue weighted by molar-refractivity contribution is 7.87. The fraction of sp³-hybridized carbons (Fsp3) is 0.857. The first kappa shape index (κ1) is 12.2. The van der Waals surface area contributed by atoms with Gasteiger partial charge in [-0.1, -0.05) is 12.1 Å². The summed E-state index contributed by atoms with van der Waals surface area (Å²) in [4.78, 5) is 0. The molecule has 15 heavy (non-hydrogen) atoms. The summed E-state index contributed by atoms with van der Waals surface area (Å²) < 4.78 is 27.5. The highest BCUT2D eigenvalue weighted by Crippen LogP contribution is 2.19. The van der Waals surface area contributed by atoms with Crippen LogP contribution in [-0.4, -0.2) is 32.0 Å². The van der Waals surface area contributed by atoms with Crippen LogP contribution in [0, 0.1) is 5.92 Å². The van der Waals surface area contributed by atoms with Gasteiger partial charge in [-0.15, -0.1) is 0 Å². The molecule has 1 atom stereocenters. The molecule has 0 radical (unpaired) electrons. The van der Waals surface area contributed by atoms with Crippen molar-refractivity contribution < 1.29 is 13.6 Å². The minimum Gasteiger partial charge on any atom is -0.409 e. The van der Waals surface area contributed by atoms with Gasteiger partial charge in [0.2, 0.25) is 0 Å². The molecule has 8 heteroatoms. The van der Waals surface area contributed by atoms with Crippen molar-refractivity contribution >= 4 is 16.0 Å². The predicted molar refractivity (Wildman–Crippen MR) is 55.7 cm³/mol. The Balaban J connectivity index is 2.34. The lowest BCUT2D eigenvalue weighted by Gasteiger charge is -2.11. The highest BCUT2D eigenvalue weighted by Gasteiger charge is 2.26. The Morgan fingerprint density at radius 1 is 1.67 bits per heavy atom. The van der Waals surface area contributed by atoms with Crippen molar-refractivity contribution in [2.75, 3.05) is 6.54 Å². The summed E-state index contributed by atoms with van der Waals surface area (Å²) in [6.45, 7) is 1.77. The monoisotopic (exact) mass is 236 g/mol. The maximum atomic E-state index is 11.3. The lowest BCUT2D eigenvalue weighted by molar-refractivity contribution is 0.314. The molecule has 1 fully saturated rings. The number of rotatable bonds is 6. The molecular weight excluding hydrogens is 220 g/mol. The molecule has 5 N–H and O–H groups in total. The minimum absolute atomic E-state index is 0.00382. The molecular formula is C7H16N4O3S. The van der Waals surface area contributed by atoms with Crippen LogP contribution in [0.2, 0.25) is 0 Å². The van der Waals surface area contributed by atoms with E-state index < -0.39 is 10.2 Å². The Bertz CT molecular complexity index is 336. The normalized spacial score (nSPS) is 20.2. The molecule has 1 rings (SSSR count). The Labute approximate surface area is 88.9 Å². The van der Waals surface area contributed by atoms with Gasteiger partial charge in [-0.2, -0.15) is 13.1 Å². The molecule has 1 aliphatic carbocycles.